The quantitative estimate of drug-likeness (QED) is 0.725. The Kier molecular flexibility index (Phi) is 3.61. The molecule has 0 aliphatic heterocycles. The standard InChI is InChI=1S/C13H13BrN4S/c1-2-3-4-15-12-11-10(17-7-18-12)9-5-8(14)6-16-13(9)19-11/h5-7H,2-4H2,1H3,(H,15,17,18). The van der Waals surface area contributed by atoms with Crippen LogP contribution in [0.2, 0.25) is 0 Å². The Bertz CT molecular complexity index is 725. The van der Waals surface area contributed by atoms with E-state index in [9.17, 15) is 0 Å². The number of hydrogen-bond acceptors (Lipinski definition) is 5. The van der Waals surface area contributed by atoms with Crippen LogP contribution in [0.4, 0.5) is 5.82 Å². The van der Waals surface area contributed by atoms with Crippen LogP contribution in [-0.2, 0) is 0 Å². The Labute approximate surface area is 123 Å². The van der Waals surface area contributed by atoms with Gasteiger partial charge in [0.1, 0.15) is 17.0 Å². The minimum atomic E-state index is 0.914. The molecule has 0 radical (unpaired) electrons. The summed E-state index contributed by atoms with van der Waals surface area (Å²) in [6, 6.07) is 2.06. The third-order valence-electron chi connectivity index (χ3n) is 2.90. The average molecular weight is 337 g/mol. The lowest BCUT2D eigenvalue weighted by atomic mass is 10.3. The number of unbranched alkanes of at least 4 members (excludes halogenated alkanes) is 1. The molecular formula is C13H13BrN4S. The lowest BCUT2D eigenvalue weighted by Crippen LogP contribution is -2.02. The maximum absolute atomic E-state index is 4.43. The number of thiophene rings is 1. The summed E-state index contributed by atoms with van der Waals surface area (Å²) in [6.07, 6.45) is 5.74. The van der Waals surface area contributed by atoms with E-state index in [4.69, 9.17) is 0 Å². The highest BCUT2D eigenvalue weighted by molar-refractivity contribution is 9.10. The number of halogens is 1. The van der Waals surface area contributed by atoms with E-state index >= 15 is 0 Å². The fraction of sp³-hybridized carbons (Fsp3) is 0.308. The molecule has 19 heavy (non-hydrogen) atoms. The van der Waals surface area contributed by atoms with Crippen LogP contribution in [0.1, 0.15) is 19.8 Å². The monoisotopic (exact) mass is 336 g/mol. The number of aromatic nitrogens is 3. The van der Waals surface area contributed by atoms with Gasteiger partial charge in [0.2, 0.25) is 0 Å². The van der Waals surface area contributed by atoms with Crippen LogP contribution < -0.4 is 5.32 Å². The van der Waals surface area contributed by atoms with Crippen LogP contribution in [0.25, 0.3) is 20.4 Å². The molecule has 0 bridgehead atoms. The molecule has 0 aliphatic rings. The Morgan fingerprint density at radius 1 is 1.32 bits per heavy atom. The van der Waals surface area contributed by atoms with Crippen molar-refractivity contribution in [2.45, 2.75) is 19.8 Å². The maximum atomic E-state index is 4.43. The summed E-state index contributed by atoms with van der Waals surface area (Å²) in [5, 5.41) is 4.46. The second-order valence-corrected chi connectivity index (χ2v) is 6.20. The summed E-state index contributed by atoms with van der Waals surface area (Å²) in [4.78, 5) is 14.2. The Balaban J connectivity index is 2.12. The number of fused-ring (bicyclic) bond motifs is 3. The van der Waals surface area contributed by atoms with E-state index in [0.717, 1.165) is 43.7 Å². The Morgan fingerprint density at radius 3 is 3.05 bits per heavy atom. The normalized spacial score (nSPS) is 11.3. The van der Waals surface area contributed by atoms with Crippen LogP contribution in [0.3, 0.4) is 0 Å². The van der Waals surface area contributed by atoms with E-state index in [1.807, 2.05) is 6.20 Å². The first-order valence-electron chi connectivity index (χ1n) is 6.22. The van der Waals surface area contributed by atoms with E-state index in [1.54, 1.807) is 17.7 Å². The van der Waals surface area contributed by atoms with Gasteiger partial charge in [0.05, 0.1) is 10.2 Å². The zero-order valence-electron chi connectivity index (χ0n) is 10.5. The summed E-state index contributed by atoms with van der Waals surface area (Å²) in [7, 11) is 0. The van der Waals surface area contributed by atoms with Gasteiger partial charge in [-0.3, -0.25) is 0 Å². The Morgan fingerprint density at radius 2 is 2.21 bits per heavy atom. The zero-order chi connectivity index (χ0) is 13.2. The first kappa shape index (κ1) is 12.7. The number of nitrogens with zero attached hydrogens (tertiary/aromatic N) is 3. The van der Waals surface area contributed by atoms with Crippen molar-refractivity contribution in [2.75, 3.05) is 11.9 Å². The number of hydrogen-bond donors (Lipinski definition) is 1. The van der Waals surface area contributed by atoms with Gasteiger partial charge in [-0.25, -0.2) is 15.0 Å². The van der Waals surface area contributed by atoms with Crippen molar-refractivity contribution in [3.63, 3.8) is 0 Å². The van der Waals surface area contributed by atoms with E-state index in [1.165, 1.54) is 6.42 Å². The van der Waals surface area contributed by atoms with Gasteiger partial charge in [0.15, 0.2) is 0 Å². The second kappa shape index (κ2) is 5.38. The summed E-state index contributed by atoms with van der Waals surface area (Å²) in [6.45, 7) is 3.12. The maximum Gasteiger partial charge on any atom is 0.147 e. The number of pyridine rings is 1. The van der Waals surface area contributed by atoms with Crippen molar-refractivity contribution < 1.29 is 0 Å². The molecule has 0 saturated heterocycles. The van der Waals surface area contributed by atoms with Gasteiger partial charge in [-0.05, 0) is 28.4 Å². The predicted molar refractivity (Wildman–Crippen MR) is 83.8 cm³/mol. The molecule has 4 nitrogen and oxygen atoms in total. The molecule has 3 aromatic rings. The zero-order valence-corrected chi connectivity index (χ0v) is 12.9. The van der Waals surface area contributed by atoms with Crippen molar-refractivity contribution >= 4 is 53.5 Å². The molecule has 3 aromatic heterocycles. The third kappa shape index (κ3) is 2.42. The minimum Gasteiger partial charge on any atom is -0.369 e. The first-order chi connectivity index (χ1) is 9.29. The van der Waals surface area contributed by atoms with Crippen molar-refractivity contribution in [3.05, 3.63) is 23.1 Å². The predicted octanol–water partition coefficient (Wildman–Crippen LogP) is 4.21. The van der Waals surface area contributed by atoms with Crippen LogP contribution in [0.5, 0.6) is 0 Å². The van der Waals surface area contributed by atoms with Crippen LogP contribution in [-0.4, -0.2) is 21.5 Å². The molecule has 0 saturated carbocycles. The van der Waals surface area contributed by atoms with E-state index < -0.39 is 0 Å². The highest BCUT2D eigenvalue weighted by Gasteiger charge is 2.12. The molecule has 6 heteroatoms. The molecular weight excluding hydrogens is 324 g/mol. The SMILES string of the molecule is CCCCNc1ncnc2c1sc1ncc(Br)cc12. The largest absolute Gasteiger partial charge is 0.369 e. The van der Waals surface area contributed by atoms with Crippen LogP contribution in [0.15, 0.2) is 23.1 Å². The highest BCUT2D eigenvalue weighted by atomic mass is 79.9. The molecule has 0 aliphatic carbocycles. The topological polar surface area (TPSA) is 50.7 Å². The lowest BCUT2D eigenvalue weighted by Gasteiger charge is -2.04. The van der Waals surface area contributed by atoms with E-state index in [-0.39, 0.29) is 0 Å². The lowest BCUT2D eigenvalue weighted by molar-refractivity contribution is 0.832. The van der Waals surface area contributed by atoms with Crippen molar-refractivity contribution in [2.24, 2.45) is 0 Å². The number of rotatable bonds is 4. The van der Waals surface area contributed by atoms with Gasteiger partial charge in [-0.2, -0.15) is 0 Å². The van der Waals surface area contributed by atoms with Crippen molar-refractivity contribution in [1.82, 2.24) is 15.0 Å². The molecule has 3 rings (SSSR count). The van der Waals surface area contributed by atoms with Gasteiger partial charge < -0.3 is 5.32 Å². The third-order valence-corrected chi connectivity index (χ3v) is 4.44. The molecule has 0 fully saturated rings. The van der Waals surface area contributed by atoms with E-state index in [2.05, 4.69) is 49.2 Å². The summed E-state index contributed by atoms with van der Waals surface area (Å²) in [5.74, 6) is 0.914. The molecule has 0 amide bonds. The smallest absolute Gasteiger partial charge is 0.147 e. The van der Waals surface area contributed by atoms with Crippen LogP contribution >= 0.6 is 27.3 Å². The number of nitrogens with one attached hydrogen (secondary N) is 1. The second-order valence-electron chi connectivity index (χ2n) is 4.29. The van der Waals surface area contributed by atoms with Crippen molar-refractivity contribution in [1.29, 1.82) is 0 Å². The molecule has 1 N–H and O–H groups in total. The van der Waals surface area contributed by atoms with Crippen LogP contribution in [0, 0.1) is 0 Å². The van der Waals surface area contributed by atoms with Gasteiger partial charge in [-0.1, -0.05) is 13.3 Å². The molecule has 0 spiro atoms. The van der Waals surface area contributed by atoms with Gasteiger partial charge in [0, 0.05) is 22.6 Å². The first-order valence-corrected chi connectivity index (χ1v) is 7.83. The molecule has 0 atom stereocenters. The fourth-order valence-corrected chi connectivity index (χ4v) is 3.32. The summed E-state index contributed by atoms with van der Waals surface area (Å²) >= 11 is 5.09. The summed E-state index contributed by atoms with van der Waals surface area (Å²) < 4.78 is 2.05. The molecule has 98 valence electrons. The van der Waals surface area contributed by atoms with Gasteiger partial charge in [0.25, 0.3) is 0 Å². The Hall–Kier alpha value is -1.27. The fourth-order valence-electron chi connectivity index (χ4n) is 1.95. The summed E-state index contributed by atoms with van der Waals surface area (Å²) in [5.41, 5.74) is 0.975. The minimum absolute atomic E-state index is 0.914. The molecule has 0 aromatic carbocycles. The van der Waals surface area contributed by atoms with Gasteiger partial charge in [-0.15, -0.1) is 11.3 Å². The average Bonchev–Trinajstić information content (AvgIpc) is 2.78. The number of anilines is 1. The van der Waals surface area contributed by atoms with E-state index in [0.29, 0.717) is 0 Å². The molecule has 3 heterocycles. The molecule has 0 unspecified atom stereocenters. The van der Waals surface area contributed by atoms with Crippen molar-refractivity contribution in [3.8, 4) is 0 Å². The van der Waals surface area contributed by atoms with Gasteiger partial charge >= 0.3 is 0 Å². The highest BCUT2D eigenvalue weighted by Crippen LogP contribution is 2.35.